The largest absolute Gasteiger partial charge is 0.490 e. The summed E-state index contributed by atoms with van der Waals surface area (Å²) in [6.07, 6.45) is -1.56. The Balaban J connectivity index is 2.52. The van der Waals surface area contributed by atoms with E-state index in [1.165, 1.54) is 0 Å². The fourth-order valence-electron chi connectivity index (χ4n) is 1.51. The summed E-state index contributed by atoms with van der Waals surface area (Å²) in [4.78, 5) is 0. The first-order valence-electron chi connectivity index (χ1n) is 6.18. The summed E-state index contributed by atoms with van der Waals surface area (Å²) in [6, 6.07) is 6.80. The Morgan fingerprint density at radius 1 is 1.10 bits per heavy atom. The number of aliphatic hydroxyl groups is 2. The molecule has 1 aromatic rings. The van der Waals surface area contributed by atoms with Crippen molar-refractivity contribution in [3.8, 4) is 0 Å². The van der Waals surface area contributed by atoms with Gasteiger partial charge in [-0.15, -0.1) is 0 Å². The number of hydrogen-bond acceptors (Lipinski definition) is 4. The quantitative estimate of drug-likeness (QED) is 0.332. The van der Waals surface area contributed by atoms with E-state index >= 15 is 0 Å². The lowest BCUT2D eigenvalue weighted by Gasteiger charge is -2.15. The Kier molecular flexibility index (Phi) is 6.03. The minimum Gasteiger partial charge on any atom is -0.490 e. The highest BCUT2D eigenvalue weighted by Gasteiger charge is 2.11. The third-order valence-electron chi connectivity index (χ3n) is 2.65. The van der Waals surface area contributed by atoms with E-state index in [0.29, 0.717) is 29.3 Å². The highest BCUT2D eigenvalue weighted by atomic mass is 16.5. The predicted octanol–water partition coefficient (Wildman–Crippen LogP) is 2.76. The molecule has 0 aliphatic heterocycles. The summed E-state index contributed by atoms with van der Waals surface area (Å²) < 4.78 is 10.7. The van der Waals surface area contributed by atoms with Crippen molar-refractivity contribution in [2.24, 2.45) is 0 Å². The van der Waals surface area contributed by atoms with Gasteiger partial charge >= 0.3 is 0 Å². The molecule has 0 fully saturated rings. The zero-order valence-electron chi connectivity index (χ0n) is 11.6. The first kappa shape index (κ1) is 16.0. The van der Waals surface area contributed by atoms with Crippen molar-refractivity contribution >= 4 is 5.76 Å². The molecule has 0 atom stereocenters. The van der Waals surface area contributed by atoms with Crippen molar-refractivity contribution in [3.05, 3.63) is 66.5 Å². The second-order valence-electron chi connectivity index (χ2n) is 4.28. The van der Waals surface area contributed by atoms with Crippen LogP contribution in [0.3, 0.4) is 0 Å². The van der Waals surface area contributed by atoms with E-state index in [0.717, 1.165) is 5.57 Å². The van der Waals surface area contributed by atoms with Crippen molar-refractivity contribution in [2.75, 3.05) is 13.2 Å². The van der Waals surface area contributed by atoms with Crippen LogP contribution >= 0.6 is 0 Å². The summed E-state index contributed by atoms with van der Waals surface area (Å²) in [5, 5.41) is 18.5. The van der Waals surface area contributed by atoms with Gasteiger partial charge in [0, 0.05) is 11.1 Å². The number of hydrogen-bond donors (Lipinski definition) is 2. The van der Waals surface area contributed by atoms with Crippen molar-refractivity contribution in [1.29, 1.82) is 0 Å². The lowest BCUT2D eigenvalue weighted by Crippen LogP contribution is -2.06. The van der Waals surface area contributed by atoms with Gasteiger partial charge in [0.1, 0.15) is 24.7 Å². The maximum absolute atomic E-state index is 9.27. The Hall–Kier alpha value is -2.04. The van der Waals surface area contributed by atoms with Crippen molar-refractivity contribution in [2.45, 2.75) is 13.2 Å². The van der Waals surface area contributed by atoms with E-state index in [-0.39, 0.29) is 6.61 Å². The molecule has 0 radical (unpaired) electrons. The molecule has 1 aromatic carbocycles. The normalized spacial score (nSPS) is 10.2. The van der Waals surface area contributed by atoms with Crippen LogP contribution < -0.4 is 0 Å². The molecule has 4 nitrogen and oxygen atoms in total. The fraction of sp³-hybridized carbons (Fsp3) is 0.250. The third kappa shape index (κ3) is 4.57. The van der Waals surface area contributed by atoms with Crippen LogP contribution in [0.2, 0.25) is 0 Å². The summed E-state index contributed by atoms with van der Waals surface area (Å²) in [5.41, 5.74) is 1.67. The van der Waals surface area contributed by atoms with Crippen LogP contribution in [0.5, 0.6) is 0 Å². The Labute approximate surface area is 119 Å². The van der Waals surface area contributed by atoms with E-state index in [9.17, 15) is 10.2 Å². The smallest absolute Gasteiger partial charge is 0.179 e. The predicted molar refractivity (Wildman–Crippen MR) is 78.5 cm³/mol. The van der Waals surface area contributed by atoms with Crippen LogP contribution in [0, 0.1) is 0 Å². The first-order valence-corrected chi connectivity index (χ1v) is 6.18. The molecule has 0 unspecified atom stereocenters. The maximum atomic E-state index is 9.27. The molecule has 108 valence electrons. The van der Waals surface area contributed by atoms with Crippen LogP contribution in [0.1, 0.15) is 24.3 Å². The highest BCUT2D eigenvalue weighted by Crippen LogP contribution is 2.23. The van der Waals surface area contributed by atoms with Crippen molar-refractivity contribution in [1.82, 2.24) is 0 Å². The molecular weight excluding hydrogens is 256 g/mol. The van der Waals surface area contributed by atoms with Gasteiger partial charge in [0.25, 0.3) is 0 Å². The fourth-order valence-corrected chi connectivity index (χ4v) is 1.51. The van der Waals surface area contributed by atoms with E-state index in [1.807, 2.05) is 0 Å². The molecule has 0 heterocycles. The average molecular weight is 276 g/mol. The summed E-state index contributed by atoms with van der Waals surface area (Å²) in [6.45, 7) is 13.6. The van der Waals surface area contributed by atoms with Crippen molar-refractivity contribution < 1.29 is 19.7 Å². The summed E-state index contributed by atoms with van der Waals surface area (Å²) in [7, 11) is 0. The van der Waals surface area contributed by atoms with Crippen LogP contribution in [0.4, 0.5) is 0 Å². The Morgan fingerprint density at radius 2 is 1.70 bits per heavy atom. The molecule has 0 aliphatic rings. The molecule has 0 spiro atoms. The molecule has 20 heavy (non-hydrogen) atoms. The number of rotatable bonds is 8. The average Bonchev–Trinajstić information content (AvgIpc) is 2.42. The Bertz CT molecular complexity index is 503. The zero-order valence-corrected chi connectivity index (χ0v) is 11.6. The lowest BCUT2D eigenvalue weighted by molar-refractivity contribution is -0.0428. The number of aliphatic hydroxyl groups excluding tert-OH is 1. The molecular formula is C16H20O4. The van der Waals surface area contributed by atoms with Gasteiger partial charge < -0.3 is 19.7 Å². The van der Waals surface area contributed by atoms with Gasteiger partial charge in [-0.25, -0.2) is 0 Å². The Morgan fingerprint density at radius 3 is 2.30 bits per heavy atom. The molecule has 0 aliphatic carbocycles. The molecule has 0 bridgehead atoms. The standard InChI is InChI=1S/C16H20O4/c1-11(2)12(3)19-9-10-20-13(4)14-7-5-6-8-15(14)16(17)18/h5-8,16-18H,1,3-4,9-10H2,2H3. The number of ether oxygens (including phenoxy) is 2. The van der Waals surface area contributed by atoms with E-state index in [2.05, 4.69) is 19.7 Å². The topological polar surface area (TPSA) is 58.9 Å². The molecule has 2 N–H and O–H groups in total. The number of allylic oxidation sites excluding steroid dienone is 1. The minimum atomic E-state index is -1.56. The van der Waals surface area contributed by atoms with Gasteiger partial charge in [-0.1, -0.05) is 44.0 Å². The zero-order chi connectivity index (χ0) is 15.1. The monoisotopic (exact) mass is 276 g/mol. The lowest BCUT2D eigenvalue weighted by atomic mass is 10.1. The van der Waals surface area contributed by atoms with Crippen molar-refractivity contribution in [3.63, 3.8) is 0 Å². The van der Waals surface area contributed by atoms with Gasteiger partial charge in [0.15, 0.2) is 6.29 Å². The van der Waals surface area contributed by atoms with Crippen LogP contribution in [-0.2, 0) is 9.47 Å². The molecule has 0 amide bonds. The highest BCUT2D eigenvalue weighted by molar-refractivity contribution is 5.61. The van der Waals surface area contributed by atoms with Gasteiger partial charge in [0.2, 0.25) is 0 Å². The van der Waals surface area contributed by atoms with Crippen LogP contribution in [0.25, 0.3) is 5.76 Å². The van der Waals surface area contributed by atoms with E-state index in [4.69, 9.17) is 9.47 Å². The van der Waals surface area contributed by atoms with Gasteiger partial charge in [-0.05, 0) is 12.5 Å². The summed E-state index contributed by atoms with van der Waals surface area (Å²) >= 11 is 0. The molecule has 0 saturated heterocycles. The molecule has 0 aromatic heterocycles. The maximum Gasteiger partial charge on any atom is 0.179 e. The summed E-state index contributed by atoms with van der Waals surface area (Å²) in [5.74, 6) is 0.878. The number of benzene rings is 1. The molecule has 0 saturated carbocycles. The first-order chi connectivity index (χ1) is 9.43. The van der Waals surface area contributed by atoms with Gasteiger partial charge in [0.05, 0.1) is 0 Å². The second-order valence-corrected chi connectivity index (χ2v) is 4.28. The van der Waals surface area contributed by atoms with Gasteiger partial charge in [-0.2, -0.15) is 0 Å². The SMILES string of the molecule is C=C(C)C(=C)OCCOC(=C)c1ccccc1C(O)O. The molecule has 4 heteroatoms. The van der Waals surface area contributed by atoms with Crippen LogP contribution in [-0.4, -0.2) is 23.4 Å². The van der Waals surface area contributed by atoms with Crippen LogP contribution in [0.15, 0.2) is 55.3 Å². The van der Waals surface area contributed by atoms with E-state index in [1.54, 1.807) is 31.2 Å². The third-order valence-corrected chi connectivity index (χ3v) is 2.65. The van der Waals surface area contributed by atoms with Gasteiger partial charge in [-0.3, -0.25) is 0 Å². The molecule has 1 rings (SSSR count). The minimum absolute atomic E-state index is 0.279. The van der Waals surface area contributed by atoms with E-state index < -0.39 is 6.29 Å². The second kappa shape index (κ2) is 7.53.